The lowest BCUT2D eigenvalue weighted by Gasteiger charge is -2.16. The molecule has 0 bridgehead atoms. The molecule has 0 aromatic heterocycles. The molecule has 1 heterocycles. The van der Waals surface area contributed by atoms with E-state index in [1.54, 1.807) is 17.0 Å². The van der Waals surface area contributed by atoms with Gasteiger partial charge in [-0.3, -0.25) is 9.80 Å². The fraction of sp³-hybridized carbons (Fsp3) is 0.0833. The van der Waals surface area contributed by atoms with Crippen LogP contribution in [0.2, 0.25) is 0 Å². The largest absolute Gasteiger partial charge is 0.439 e. The molecule has 6 nitrogen and oxygen atoms in total. The Bertz CT molecular complexity index is 539. The molecule has 18 heavy (non-hydrogen) atoms. The maximum absolute atomic E-state index is 10.4. The van der Waals surface area contributed by atoms with Crippen LogP contribution in [0, 0.1) is 0 Å². The van der Waals surface area contributed by atoms with Gasteiger partial charge in [-0.1, -0.05) is 0 Å². The van der Waals surface area contributed by atoms with Gasteiger partial charge >= 0.3 is 0 Å². The van der Waals surface area contributed by atoms with Crippen LogP contribution in [-0.2, 0) is 4.79 Å². The Kier molecular flexibility index (Phi) is 2.95. The zero-order chi connectivity index (χ0) is 13.3. The van der Waals surface area contributed by atoms with Crippen LogP contribution in [0.25, 0.3) is 0 Å². The number of nitrogens with two attached hydrogens (primary N) is 2. The molecule has 4 N–H and O–H groups in total. The van der Waals surface area contributed by atoms with E-state index >= 15 is 0 Å². The second kappa shape index (κ2) is 4.42. The smallest absolute Gasteiger partial charge is 0.193 e. The standard InChI is InChI=1S/C12H14N4O2/c1-8-15(2)11-5-10(3-4-12(11)18-8)16(14)6-9(13)7-17/h3-7H,1,13-14H2,2H3/b9-6-. The lowest BCUT2D eigenvalue weighted by molar-refractivity contribution is -0.105. The molecule has 2 rings (SSSR count). The van der Waals surface area contributed by atoms with E-state index in [2.05, 4.69) is 6.58 Å². The fourth-order valence-corrected chi connectivity index (χ4v) is 1.61. The van der Waals surface area contributed by atoms with Crippen LogP contribution in [0.5, 0.6) is 5.75 Å². The van der Waals surface area contributed by atoms with Crippen molar-refractivity contribution in [2.45, 2.75) is 0 Å². The number of hydrazine groups is 1. The normalized spacial score (nSPS) is 14.2. The van der Waals surface area contributed by atoms with E-state index in [-0.39, 0.29) is 5.70 Å². The number of nitrogens with zero attached hydrogens (tertiary/aromatic N) is 2. The maximum Gasteiger partial charge on any atom is 0.193 e. The molecule has 0 unspecified atom stereocenters. The Morgan fingerprint density at radius 1 is 1.56 bits per heavy atom. The first kappa shape index (κ1) is 12.0. The van der Waals surface area contributed by atoms with Crippen LogP contribution in [-0.4, -0.2) is 13.3 Å². The molecule has 0 amide bonds. The highest BCUT2D eigenvalue weighted by molar-refractivity contribution is 5.75. The Hall–Kier alpha value is -2.47. The lowest BCUT2D eigenvalue weighted by atomic mass is 10.2. The highest BCUT2D eigenvalue weighted by Gasteiger charge is 2.21. The molecule has 0 spiro atoms. The van der Waals surface area contributed by atoms with Crippen molar-refractivity contribution in [2.75, 3.05) is 17.0 Å². The first-order valence-corrected chi connectivity index (χ1v) is 5.24. The quantitative estimate of drug-likeness (QED) is 0.353. The number of anilines is 2. The lowest BCUT2D eigenvalue weighted by Crippen LogP contribution is -2.26. The highest BCUT2D eigenvalue weighted by atomic mass is 16.5. The molecule has 0 fully saturated rings. The van der Waals surface area contributed by atoms with Crippen molar-refractivity contribution < 1.29 is 9.53 Å². The first-order valence-electron chi connectivity index (χ1n) is 5.24. The van der Waals surface area contributed by atoms with E-state index < -0.39 is 0 Å². The summed E-state index contributed by atoms with van der Waals surface area (Å²) in [5, 5.41) is 1.28. The van der Waals surface area contributed by atoms with Crippen LogP contribution in [0.1, 0.15) is 0 Å². The second-order valence-corrected chi connectivity index (χ2v) is 3.86. The Balaban J connectivity index is 2.33. The van der Waals surface area contributed by atoms with E-state index in [9.17, 15) is 4.79 Å². The highest BCUT2D eigenvalue weighted by Crippen LogP contribution is 2.39. The van der Waals surface area contributed by atoms with E-state index in [1.165, 1.54) is 11.2 Å². The number of carbonyl (C=O) groups excluding carboxylic acids is 1. The molecule has 0 atom stereocenters. The molecular weight excluding hydrogens is 232 g/mol. The van der Waals surface area contributed by atoms with Crippen LogP contribution in [0.3, 0.4) is 0 Å². The number of allylic oxidation sites excluding steroid dienone is 1. The summed E-state index contributed by atoms with van der Waals surface area (Å²) in [4.78, 5) is 12.2. The molecule has 94 valence electrons. The molecule has 1 aromatic carbocycles. The minimum atomic E-state index is 0.0482. The molecular formula is C12H14N4O2. The van der Waals surface area contributed by atoms with E-state index in [1.807, 2.05) is 13.1 Å². The molecule has 0 radical (unpaired) electrons. The average Bonchev–Trinajstić information content (AvgIpc) is 2.64. The molecule has 1 aliphatic heterocycles. The Labute approximate surface area is 105 Å². The van der Waals surface area contributed by atoms with Gasteiger partial charge < -0.3 is 15.4 Å². The van der Waals surface area contributed by atoms with Gasteiger partial charge in [-0.2, -0.15) is 0 Å². The fourth-order valence-electron chi connectivity index (χ4n) is 1.61. The summed E-state index contributed by atoms with van der Waals surface area (Å²) >= 11 is 0. The zero-order valence-electron chi connectivity index (χ0n) is 9.96. The monoisotopic (exact) mass is 246 g/mol. The van der Waals surface area contributed by atoms with Crippen molar-refractivity contribution in [1.29, 1.82) is 0 Å². The second-order valence-electron chi connectivity index (χ2n) is 3.86. The molecule has 0 saturated heterocycles. The maximum atomic E-state index is 10.4. The van der Waals surface area contributed by atoms with Crippen molar-refractivity contribution >= 4 is 17.7 Å². The number of benzene rings is 1. The number of aldehydes is 1. The van der Waals surface area contributed by atoms with Crippen LogP contribution < -0.4 is 26.2 Å². The minimum absolute atomic E-state index is 0.0482. The number of carbonyl (C=O) groups is 1. The summed E-state index contributed by atoms with van der Waals surface area (Å²) in [6.45, 7) is 3.77. The summed E-state index contributed by atoms with van der Waals surface area (Å²) in [5.41, 5.74) is 6.98. The number of rotatable bonds is 3. The van der Waals surface area contributed by atoms with E-state index in [4.69, 9.17) is 16.3 Å². The van der Waals surface area contributed by atoms with E-state index in [0.29, 0.717) is 23.6 Å². The predicted octanol–water partition coefficient (Wildman–Crippen LogP) is 0.665. The summed E-state index contributed by atoms with van der Waals surface area (Å²) in [5.74, 6) is 7.05. The Morgan fingerprint density at radius 2 is 2.28 bits per heavy atom. The van der Waals surface area contributed by atoms with Gasteiger partial charge in [-0.05, 0) is 24.8 Å². The third-order valence-electron chi connectivity index (χ3n) is 2.63. The molecule has 1 aliphatic rings. The van der Waals surface area contributed by atoms with Gasteiger partial charge in [0.2, 0.25) is 0 Å². The van der Waals surface area contributed by atoms with Crippen LogP contribution in [0.15, 0.2) is 42.6 Å². The molecule has 0 saturated carbocycles. The van der Waals surface area contributed by atoms with Gasteiger partial charge in [-0.15, -0.1) is 0 Å². The van der Waals surface area contributed by atoms with Crippen molar-refractivity contribution in [3.8, 4) is 5.75 Å². The van der Waals surface area contributed by atoms with Gasteiger partial charge in [0, 0.05) is 13.2 Å². The third-order valence-corrected chi connectivity index (χ3v) is 2.63. The van der Waals surface area contributed by atoms with Crippen molar-refractivity contribution in [2.24, 2.45) is 11.6 Å². The third kappa shape index (κ3) is 2.01. The predicted molar refractivity (Wildman–Crippen MR) is 69.6 cm³/mol. The van der Waals surface area contributed by atoms with Gasteiger partial charge in [-0.25, -0.2) is 5.84 Å². The summed E-state index contributed by atoms with van der Waals surface area (Å²) in [7, 11) is 1.84. The minimum Gasteiger partial charge on any atom is -0.439 e. The van der Waals surface area contributed by atoms with Gasteiger partial charge in [0.15, 0.2) is 17.9 Å². The van der Waals surface area contributed by atoms with Crippen molar-refractivity contribution in [1.82, 2.24) is 0 Å². The summed E-state index contributed by atoms with van der Waals surface area (Å²) in [6.07, 6.45) is 1.88. The SMILES string of the molecule is C=C1Oc2ccc(N(N)/C=C(\N)C=O)cc2N1C. The first-order chi connectivity index (χ1) is 8.52. The Morgan fingerprint density at radius 3 is 2.94 bits per heavy atom. The van der Waals surface area contributed by atoms with Crippen molar-refractivity contribution in [3.05, 3.63) is 42.6 Å². The topological polar surface area (TPSA) is 84.8 Å². The average molecular weight is 246 g/mol. The van der Waals surface area contributed by atoms with Crippen molar-refractivity contribution in [3.63, 3.8) is 0 Å². The molecule has 1 aromatic rings. The van der Waals surface area contributed by atoms with E-state index in [0.717, 1.165) is 5.69 Å². The van der Waals surface area contributed by atoms with Gasteiger partial charge in [0.1, 0.15) is 0 Å². The number of ether oxygens (including phenoxy) is 1. The van der Waals surface area contributed by atoms with Crippen LogP contribution >= 0.6 is 0 Å². The summed E-state index contributed by atoms with van der Waals surface area (Å²) in [6, 6.07) is 5.37. The number of fused-ring (bicyclic) bond motifs is 1. The van der Waals surface area contributed by atoms with Crippen LogP contribution in [0.4, 0.5) is 11.4 Å². The number of hydrogen-bond donors (Lipinski definition) is 2. The summed E-state index contributed by atoms with van der Waals surface area (Å²) < 4.78 is 5.43. The molecule has 6 heteroatoms. The zero-order valence-corrected chi connectivity index (χ0v) is 9.96. The van der Waals surface area contributed by atoms with Gasteiger partial charge in [0.05, 0.1) is 17.1 Å². The molecule has 0 aliphatic carbocycles. The van der Waals surface area contributed by atoms with Gasteiger partial charge in [0.25, 0.3) is 0 Å². The number of hydrogen-bond acceptors (Lipinski definition) is 6.